The minimum Gasteiger partial charge on any atom is -0.462 e. The van der Waals surface area contributed by atoms with E-state index in [9.17, 15) is 4.79 Å². The molecule has 188 valence electrons. The standard InChI is InChI=1S/C29H35N5O2/c1-4-9-23(35)18-33(3)28-25-15-17-34(27-14-7-11-21-10-5-6-13-24(21)27)19-26(25)30-29(31-28)36-20-22-12-8-16-32(22)2/h4-7,9-11,13-14,22H,8,12,15-20H2,1-3H3/b9-4+/t22-/m0/s1. The van der Waals surface area contributed by atoms with Crippen molar-refractivity contribution in [3.8, 4) is 6.01 Å². The highest BCUT2D eigenvalue weighted by Crippen LogP contribution is 2.33. The maximum absolute atomic E-state index is 12.4. The SMILES string of the molecule is C/C=C/C(=O)CN(C)c1nc(OC[C@@H]2CCCN2C)nc2c1CCN(c1cccc3ccccc13)C2. The number of hydrogen-bond acceptors (Lipinski definition) is 7. The molecule has 5 rings (SSSR count). The Balaban J connectivity index is 1.46. The van der Waals surface area contributed by atoms with Crippen LogP contribution in [0.1, 0.15) is 31.0 Å². The molecule has 1 saturated heterocycles. The van der Waals surface area contributed by atoms with Crippen LogP contribution in [0, 0.1) is 0 Å². The summed E-state index contributed by atoms with van der Waals surface area (Å²) >= 11 is 0. The van der Waals surface area contributed by atoms with Gasteiger partial charge < -0.3 is 19.4 Å². The van der Waals surface area contributed by atoms with Crippen molar-refractivity contribution in [2.24, 2.45) is 0 Å². The van der Waals surface area contributed by atoms with E-state index in [-0.39, 0.29) is 12.3 Å². The third-order valence-corrected chi connectivity index (χ3v) is 7.31. The average Bonchev–Trinajstić information content (AvgIpc) is 3.30. The van der Waals surface area contributed by atoms with E-state index in [1.807, 2.05) is 18.9 Å². The molecule has 0 bridgehead atoms. The van der Waals surface area contributed by atoms with Crippen LogP contribution in [0.5, 0.6) is 6.01 Å². The number of fused-ring (bicyclic) bond motifs is 2. The van der Waals surface area contributed by atoms with Gasteiger partial charge in [0.05, 0.1) is 18.8 Å². The zero-order valence-electron chi connectivity index (χ0n) is 21.5. The predicted molar refractivity (Wildman–Crippen MR) is 145 cm³/mol. The summed E-state index contributed by atoms with van der Waals surface area (Å²) in [5.74, 6) is 0.848. The second kappa shape index (κ2) is 10.7. The number of aromatic nitrogens is 2. The van der Waals surface area contributed by atoms with E-state index in [1.54, 1.807) is 12.2 Å². The van der Waals surface area contributed by atoms with Gasteiger partial charge in [0.25, 0.3) is 0 Å². The Morgan fingerprint density at radius 3 is 2.81 bits per heavy atom. The van der Waals surface area contributed by atoms with E-state index < -0.39 is 0 Å². The normalized spacial score (nSPS) is 18.1. The molecule has 0 spiro atoms. The fourth-order valence-corrected chi connectivity index (χ4v) is 5.37. The van der Waals surface area contributed by atoms with Gasteiger partial charge in [-0.15, -0.1) is 0 Å². The fraction of sp³-hybridized carbons (Fsp3) is 0.414. The number of carbonyl (C=O) groups excluding carboxylic acids is 1. The molecule has 7 nitrogen and oxygen atoms in total. The smallest absolute Gasteiger partial charge is 0.318 e. The Labute approximate surface area is 213 Å². The number of ether oxygens (including phenoxy) is 1. The Hall–Kier alpha value is -3.45. The first-order chi connectivity index (χ1) is 17.5. The van der Waals surface area contributed by atoms with Gasteiger partial charge in [-0.1, -0.05) is 42.5 Å². The third-order valence-electron chi connectivity index (χ3n) is 7.31. The van der Waals surface area contributed by atoms with Gasteiger partial charge in [-0.2, -0.15) is 9.97 Å². The molecule has 3 aromatic rings. The second-order valence-electron chi connectivity index (χ2n) is 9.83. The van der Waals surface area contributed by atoms with E-state index in [0.29, 0.717) is 25.2 Å². The van der Waals surface area contributed by atoms with Crippen LogP contribution in [0.15, 0.2) is 54.6 Å². The van der Waals surface area contributed by atoms with Gasteiger partial charge >= 0.3 is 6.01 Å². The van der Waals surface area contributed by atoms with Gasteiger partial charge in [-0.3, -0.25) is 4.79 Å². The number of benzene rings is 2. The number of carbonyl (C=O) groups is 1. The minimum atomic E-state index is 0.0515. The van der Waals surface area contributed by atoms with Crippen LogP contribution in [0.2, 0.25) is 0 Å². The van der Waals surface area contributed by atoms with Crippen molar-refractivity contribution in [1.82, 2.24) is 14.9 Å². The van der Waals surface area contributed by atoms with Crippen molar-refractivity contribution >= 4 is 28.1 Å². The third kappa shape index (κ3) is 5.07. The van der Waals surface area contributed by atoms with Crippen molar-refractivity contribution in [1.29, 1.82) is 0 Å². The van der Waals surface area contributed by atoms with Crippen LogP contribution in [-0.4, -0.2) is 67.0 Å². The summed E-state index contributed by atoms with van der Waals surface area (Å²) < 4.78 is 6.17. The van der Waals surface area contributed by atoms with Crippen molar-refractivity contribution < 1.29 is 9.53 Å². The summed E-state index contributed by atoms with van der Waals surface area (Å²) in [4.78, 5) is 28.7. The lowest BCUT2D eigenvalue weighted by atomic mass is 10.0. The lowest BCUT2D eigenvalue weighted by molar-refractivity contribution is -0.113. The predicted octanol–water partition coefficient (Wildman–Crippen LogP) is 4.25. The van der Waals surface area contributed by atoms with Crippen LogP contribution >= 0.6 is 0 Å². The van der Waals surface area contributed by atoms with Crippen LogP contribution < -0.4 is 14.5 Å². The van der Waals surface area contributed by atoms with Gasteiger partial charge in [-0.05, 0) is 57.3 Å². The molecule has 0 N–H and O–H groups in total. The maximum atomic E-state index is 12.4. The maximum Gasteiger partial charge on any atom is 0.318 e. The van der Waals surface area contributed by atoms with Gasteiger partial charge in [0.2, 0.25) is 0 Å². The number of rotatable bonds is 8. The monoisotopic (exact) mass is 485 g/mol. The molecular weight excluding hydrogens is 450 g/mol. The van der Waals surface area contributed by atoms with Crippen molar-refractivity contribution in [3.05, 3.63) is 65.9 Å². The molecule has 2 aromatic carbocycles. The number of allylic oxidation sites excluding steroid dienone is 1. The molecule has 0 radical (unpaired) electrons. The number of ketones is 1. The molecule has 1 atom stereocenters. The van der Waals surface area contributed by atoms with Crippen LogP contribution in [0.4, 0.5) is 11.5 Å². The topological polar surface area (TPSA) is 61.8 Å². The summed E-state index contributed by atoms with van der Waals surface area (Å²) in [6, 6.07) is 15.7. The molecule has 36 heavy (non-hydrogen) atoms. The Kier molecular flexibility index (Phi) is 7.18. The minimum absolute atomic E-state index is 0.0515. The number of nitrogens with zero attached hydrogens (tertiary/aromatic N) is 5. The molecule has 1 fully saturated rings. The second-order valence-corrected chi connectivity index (χ2v) is 9.83. The summed E-state index contributed by atoms with van der Waals surface area (Å²) in [5, 5.41) is 2.48. The van der Waals surface area contributed by atoms with Crippen LogP contribution in [0.25, 0.3) is 10.8 Å². The first-order valence-electron chi connectivity index (χ1n) is 12.9. The molecule has 0 aliphatic carbocycles. The number of likely N-dealkylation sites (N-methyl/N-ethyl adjacent to an activating group) is 2. The molecule has 1 aromatic heterocycles. The van der Waals surface area contributed by atoms with Crippen molar-refractivity contribution in [2.45, 2.75) is 38.8 Å². The average molecular weight is 486 g/mol. The first kappa shape index (κ1) is 24.3. The molecule has 2 aliphatic rings. The van der Waals surface area contributed by atoms with E-state index >= 15 is 0 Å². The largest absolute Gasteiger partial charge is 0.462 e. The highest BCUT2D eigenvalue weighted by atomic mass is 16.5. The molecule has 2 aliphatic heterocycles. The Morgan fingerprint density at radius 1 is 1.17 bits per heavy atom. The molecule has 0 amide bonds. The summed E-state index contributed by atoms with van der Waals surface area (Å²) in [5.41, 5.74) is 3.29. The van der Waals surface area contributed by atoms with Gasteiger partial charge in [0.15, 0.2) is 5.78 Å². The number of hydrogen-bond donors (Lipinski definition) is 0. The van der Waals surface area contributed by atoms with E-state index in [1.165, 1.54) is 22.9 Å². The molecule has 3 heterocycles. The van der Waals surface area contributed by atoms with Gasteiger partial charge in [0, 0.05) is 36.3 Å². The first-order valence-corrected chi connectivity index (χ1v) is 12.9. The zero-order valence-corrected chi connectivity index (χ0v) is 21.5. The number of likely N-dealkylation sites (tertiary alicyclic amines) is 1. The summed E-state index contributed by atoms with van der Waals surface area (Å²) in [7, 11) is 4.07. The lowest BCUT2D eigenvalue weighted by Crippen LogP contribution is -2.35. The molecule has 7 heteroatoms. The Morgan fingerprint density at radius 2 is 2.00 bits per heavy atom. The highest BCUT2D eigenvalue weighted by Gasteiger charge is 2.27. The highest BCUT2D eigenvalue weighted by molar-refractivity contribution is 5.94. The quantitative estimate of drug-likeness (QED) is 0.442. The summed E-state index contributed by atoms with van der Waals surface area (Å²) in [6.07, 6.45) is 6.51. The van der Waals surface area contributed by atoms with Gasteiger partial charge in [-0.25, -0.2) is 0 Å². The van der Waals surface area contributed by atoms with Crippen molar-refractivity contribution in [3.63, 3.8) is 0 Å². The van der Waals surface area contributed by atoms with E-state index in [0.717, 1.165) is 43.0 Å². The molecule has 0 unspecified atom stereocenters. The lowest BCUT2D eigenvalue weighted by Gasteiger charge is -2.33. The van der Waals surface area contributed by atoms with Crippen LogP contribution in [0.3, 0.4) is 0 Å². The fourth-order valence-electron chi connectivity index (χ4n) is 5.37. The van der Waals surface area contributed by atoms with E-state index in [2.05, 4.69) is 59.3 Å². The van der Waals surface area contributed by atoms with Crippen LogP contribution in [-0.2, 0) is 17.8 Å². The van der Waals surface area contributed by atoms with Gasteiger partial charge in [0.1, 0.15) is 12.4 Å². The molecule has 0 saturated carbocycles. The number of anilines is 2. The summed E-state index contributed by atoms with van der Waals surface area (Å²) in [6.45, 7) is 5.34. The van der Waals surface area contributed by atoms with Crippen molar-refractivity contribution in [2.75, 3.05) is 50.1 Å². The van der Waals surface area contributed by atoms with E-state index in [4.69, 9.17) is 14.7 Å². The Bertz CT molecular complexity index is 1270. The molecular formula is C29H35N5O2. The zero-order chi connectivity index (χ0) is 25.1.